The fourth-order valence-electron chi connectivity index (χ4n) is 4.52. The molecule has 5 N–H and O–H groups in total. The number of amides is 4. The van der Waals surface area contributed by atoms with Gasteiger partial charge in [-0.3, -0.25) is 29.5 Å². The molecule has 0 radical (unpaired) electrons. The van der Waals surface area contributed by atoms with Gasteiger partial charge in [-0.05, 0) is 29.3 Å². The van der Waals surface area contributed by atoms with E-state index in [4.69, 9.17) is 20.6 Å². The van der Waals surface area contributed by atoms with Gasteiger partial charge in [0.2, 0.25) is 5.91 Å². The molecule has 13 heteroatoms. The van der Waals surface area contributed by atoms with Gasteiger partial charge in [-0.15, -0.1) is 0 Å². The molecule has 0 spiro atoms. The molecule has 0 saturated carbocycles. The highest BCUT2D eigenvalue weighted by Gasteiger charge is 2.37. The van der Waals surface area contributed by atoms with E-state index in [-0.39, 0.29) is 57.1 Å². The molecule has 234 valence electrons. The number of anilines is 1. The van der Waals surface area contributed by atoms with Crippen molar-refractivity contribution in [1.29, 1.82) is 5.41 Å². The zero-order chi connectivity index (χ0) is 32.2. The van der Waals surface area contributed by atoms with Crippen molar-refractivity contribution in [3.05, 3.63) is 102 Å². The highest BCUT2D eigenvalue weighted by atomic mass is 16.6. The summed E-state index contributed by atoms with van der Waals surface area (Å²) in [5.41, 5.74) is 7.82. The summed E-state index contributed by atoms with van der Waals surface area (Å²) >= 11 is 0. The van der Waals surface area contributed by atoms with Crippen molar-refractivity contribution in [3.8, 4) is 0 Å². The van der Waals surface area contributed by atoms with Crippen LogP contribution in [0.15, 0.2) is 84.9 Å². The molecule has 0 aromatic heterocycles. The summed E-state index contributed by atoms with van der Waals surface area (Å²) in [4.78, 5) is 65.7. The third-order valence-electron chi connectivity index (χ3n) is 6.82. The Morgan fingerprint density at radius 2 is 1.51 bits per heavy atom. The standard InChI is InChI=1S/C32H34N6O7/c33-29(34)28(38-17-16-37(19-26(38)39)32(43)45-21-23-10-5-2-6-11-23)31(42)36-25-13-7-12-24(18-25)30(41)35-15-14-27(40)44-20-22-8-3-1-4-9-22/h1-13,18,28H,14-17,19-21H2,(H3,33,34)(H,35,41)(H,36,42). The van der Waals surface area contributed by atoms with Crippen molar-refractivity contribution in [1.82, 2.24) is 15.1 Å². The van der Waals surface area contributed by atoms with Gasteiger partial charge in [-0.2, -0.15) is 0 Å². The molecule has 1 atom stereocenters. The van der Waals surface area contributed by atoms with Gasteiger partial charge < -0.3 is 30.7 Å². The van der Waals surface area contributed by atoms with Gasteiger partial charge >= 0.3 is 12.1 Å². The summed E-state index contributed by atoms with van der Waals surface area (Å²) < 4.78 is 10.5. The van der Waals surface area contributed by atoms with E-state index in [0.717, 1.165) is 16.0 Å². The number of rotatable bonds is 12. The van der Waals surface area contributed by atoms with Crippen LogP contribution in [0.2, 0.25) is 0 Å². The van der Waals surface area contributed by atoms with Crippen LogP contribution in [-0.4, -0.2) is 77.6 Å². The lowest BCUT2D eigenvalue weighted by atomic mass is 10.1. The Balaban J connectivity index is 1.26. The molecule has 1 saturated heterocycles. The number of piperazine rings is 1. The lowest BCUT2D eigenvalue weighted by molar-refractivity contribution is -0.144. The predicted molar refractivity (Wildman–Crippen MR) is 164 cm³/mol. The van der Waals surface area contributed by atoms with Crippen LogP contribution in [0, 0.1) is 5.41 Å². The summed E-state index contributed by atoms with van der Waals surface area (Å²) in [6.45, 7) is -0.0906. The Kier molecular flexibility index (Phi) is 11.2. The first-order chi connectivity index (χ1) is 21.7. The number of amidine groups is 1. The minimum Gasteiger partial charge on any atom is -0.461 e. The molecule has 1 aliphatic heterocycles. The van der Waals surface area contributed by atoms with Crippen molar-refractivity contribution < 1.29 is 33.4 Å². The Hall–Kier alpha value is -5.72. The summed E-state index contributed by atoms with van der Waals surface area (Å²) in [7, 11) is 0. The van der Waals surface area contributed by atoms with Crippen LogP contribution in [0.1, 0.15) is 27.9 Å². The average Bonchev–Trinajstić information content (AvgIpc) is 3.04. The molecule has 0 aliphatic carbocycles. The van der Waals surface area contributed by atoms with Crippen molar-refractivity contribution in [2.45, 2.75) is 25.7 Å². The van der Waals surface area contributed by atoms with Gasteiger partial charge in [-0.1, -0.05) is 66.7 Å². The van der Waals surface area contributed by atoms with Crippen LogP contribution in [0.5, 0.6) is 0 Å². The second kappa shape index (κ2) is 15.7. The molecule has 3 aromatic carbocycles. The van der Waals surface area contributed by atoms with Crippen LogP contribution in [0.4, 0.5) is 10.5 Å². The van der Waals surface area contributed by atoms with E-state index < -0.39 is 41.7 Å². The number of hydrogen-bond acceptors (Lipinski definition) is 8. The van der Waals surface area contributed by atoms with E-state index in [0.29, 0.717) is 0 Å². The number of nitrogens with zero attached hydrogens (tertiary/aromatic N) is 2. The molecule has 4 rings (SSSR count). The molecular formula is C32H34N6O7. The van der Waals surface area contributed by atoms with Gasteiger partial charge in [0.1, 0.15) is 25.6 Å². The van der Waals surface area contributed by atoms with Gasteiger partial charge in [-0.25, -0.2) is 4.79 Å². The number of carbonyl (C=O) groups is 5. The van der Waals surface area contributed by atoms with Crippen molar-refractivity contribution in [3.63, 3.8) is 0 Å². The highest BCUT2D eigenvalue weighted by molar-refractivity contribution is 6.13. The quantitative estimate of drug-likeness (QED) is 0.136. The molecule has 3 aromatic rings. The van der Waals surface area contributed by atoms with Gasteiger partial charge in [0.25, 0.3) is 11.8 Å². The van der Waals surface area contributed by atoms with E-state index in [2.05, 4.69) is 10.6 Å². The number of nitrogens with one attached hydrogen (secondary N) is 3. The fourth-order valence-corrected chi connectivity index (χ4v) is 4.52. The van der Waals surface area contributed by atoms with Crippen molar-refractivity contribution in [2.24, 2.45) is 5.73 Å². The number of benzene rings is 3. The third-order valence-corrected chi connectivity index (χ3v) is 6.82. The number of hydrogen-bond donors (Lipinski definition) is 4. The third kappa shape index (κ3) is 9.38. The first-order valence-corrected chi connectivity index (χ1v) is 14.2. The summed E-state index contributed by atoms with van der Waals surface area (Å²) in [6, 6.07) is 22.9. The van der Waals surface area contributed by atoms with Crippen LogP contribution in [0.25, 0.3) is 0 Å². The maximum atomic E-state index is 13.2. The lowest BCUT2D eigenvalue weighted by Gasteiger charge is -2.37. The second-order valence-electron chi connectivity index (χ2n) is 10.1. The first-order valence-electron chi connectivity index (χ1n) is 14.2. The van der Waals surface area contributed by atoms with E-state index in [1.54, 1.807) is 18.2 Å². The number of esters is 1. The predicted octanol–water partition coefficient (Wildman–Crippen LogP) is 2.27. The average molecular weight is 615 g/mol. The Morgan fingerprint density at radius 1 is 0.867 bits per heavy atom. The number of nitrogens with two attached hydrogens (primary N) is 1. The van der Waals surface area contributed by atoms with E-state index >= 15 is 0 Å². The maximum absolute atomic E-state index is 13.2. The van der Waals surface area contributed by atoms with Gasteiger partial charge in [0.05, 0.1) is 6.42 Å². The van der Waals surface area contributed by atoms with Crippen LogP contribution < -0.4 is 16.4 Å². The topological polar surface area (TPSA) is 184 Å². The second-order valence-corrected chi connectivity index (χ2v) is 10.1. The number of carbonyl (C=O) groups excluding carboxylic acids is 5. The minimum atomic E-state index is -1.43. The largest absolute Gasteiger partial charge is 0.461 e. The summed E-state index contributed by atoms with van der Waals surface area (Å²) in [5, 5.41) is 13.2. The molecule has 0 bridgehead atoms. The van der Waals surface area contributed by atoms with Gasteiger partial charge in [0.15, 0.2) is 6.04 Å². The fraction of sp³-hybridized carbons (Fsp3) is 0.250. The summed E-state index contributed by atoms with van der Waals surface area (Å²) in [5.74, 6) is -2.84. The molecule has 1 aliphatic rings. The Bertz CT molecular complexity index is 1530. The molecule has 45 heavy (non-hydrogen) atoms. The van der Waals surface area contributed by atoms with E-state index in [9.17, 15) is 24.0 Å². The Labute approximate surface area is 259 Å². The van der Waals surface area contributed by atoms with Crippen LogP contribution in [-0.2, 0) is 37.1 Å². The van der Waals surface area contributed by atoms with Crippen LogP contribution in [0.3, 0.4) is 0 Å². The van der Waals surface area contributed by atoms with Crippen molar-refractivity contribution >= 4 is 41.3 Å². The molecule has 13 nitrogen and oxygen atoms in total. The molecule has 4 amide bonds. The monoisotopic (exact) mass is 614 g/mol. The van der Waals surface area contributed by atoms with Gasteiger partial charge in [0, 0.05) is 30.9 Å². The van der Waals surface area contributed by atoms with E-state index in [1.165, 1.54) is 23.1 Å². The van der Waals surface area contributed by atoms with Crippen LogP contribution >= 0.6 is 0 Å². The highest BCUT2D eigenvalue weighted by Crippen LogP contribution is 2.15. The lowest BCUT2D eigenvalue weighted by Crippen LogP contribution is -2.61. The zero-order valence-corrected chi connectivity index (χ0v) is 24.4. The normalized spacial score (nSPS) is 13.4. The summed E-state index contributed by atoms with van der Waals surface area (Å²) in [6.07, 6.45) is -0.698. The number of ether oxygens (including phenoxy) is 2. The first kappa shape index (κ1) is 32.2. The smallest absolute Gasteiger partial charge is 0.410 e. The maximum Gasteiger partial charge on any atom is 0.410 e. The SMILES string of the molecule is N=C(N)C(C(=O)Nc1cccc(C(=O)NCCC(=O)OCc2ccccc2)c1)N1CCN(C(=O)OCc2ccccc2)CC1=O. The molecular weight excluding hydrogens is 580 g/mol. The molecule has 1 unspecified atom stereocenters. The Morgan fingerprint density at radius 3 is 2.13 bits per heavy atom. The zero-order valence-electron chi connectivity index (χ0n) is 24.4. The molecule has 1 heterocycles. The van der Waals surface area contributed by atoms with E-state index in [1.807, 2.05) is 48.5 Å². The molecule has 1 fully saturated rings. The minimum absolute atomic E-state index is 0.0265. The van der Waals surface area contributed by atoms with Crippen molar-refractivity contribution in [2.75, 3.05) is 31.5 Å².